The summed E-state index contributed by atoms with van der Waals surface area (Å²) >= 11 is 0. The molecular formula is C16H24N2O3S. The van der Waals surface area contributed by atoms with Crippen LogP contribution in [0.3, 0.4) is 0 Å². The molecule has 22 heavy (non-hydrogen) atoms. The number of fused-ring (bicyclic) bond motifs is 1. The molecule has 1 aliphatic carbocycles. The van der Waals surface area contributed by atoms with Crippen molar-refractivity contribution in [1.82, 2.24) is 9.62 Å². The molecule has 0 bridgehead atoms. The molecule has 6 heteroatoms. The highest BCUT2D eigenvalue weighted by atomic mass is 32.2. The van der Waals surface area contributed by atoms with Gasteiger partial charge in [0.15, 0.2) is 0 Å². The molecule has 0 spiro atoms. The predicted molar refractivity (Wildman–Crippen MR) is 87.2 cm³/mol. The van der Waals surface area contributed by atoms with Crippen molar-refractivity contribution in [1.29, 1.82) is 0 Å². The van der Waals surface area contributed by atoms with Gasteiger partial charge in [0.25, 0.3) is 0 Å². The van der Waals surface area contributed by atoms with Crippen LogP contribution in [0.2, 0.25) is 0 Å². The molecular weight excluding hydrogens is 300 g/mol. The van der Waals surface area contributed by atoms with Crippen molar-refractivity contribution in [3.05, 3.63) is 35.4 Å². The lowest BCUT2D eigenvalue weighted by Crippen LogP contribution is -2.33. The summed E-state index contributed by atoms with van der Waals surface area (Å²) in [6.45, 7) is 0.581. The van der Waals surface area contributed by atoms with Gasteiger partial charge in [0.05, 0.1) is 5.75 Å². The standard InChI is InChI=1S/C16H24N2O3S/c1-18(2)22(20,21)11-10-16(19)17-12-14-8-5-7-13-6-3-4-9-15(13)14/h3-4,6,9,14H,5,7-8,10-12H2,1-2H3,(H,17,19)/t14-/m0/s1. The molecule has 1 N–H and O–H groups in total. The maximum absolute atomic E-state index is 11.9. The zero-order valence-electron chi connectivity index (χ0n) is 13.2. The average Bonchev–Trinajstić information content (AvgIpc) is 2.50. The number of amides is 1. The monoisotopic (exact) mass is 324 g/mol. The van der Waals surface area contributed by atoms with Gasteiger partial charge in [0.2, 0.25) is 15.9 Å². The largest absolute Gasteiger partial charge is 0.355 e. The van der Waals surface area contributed by atoms with Crippen LogP contribution < -0.4 is 5.32 Å². The third kappa shape index (κ3) is 4.30. The first-order chi connectivity index (χ1) is 10.4. The van der Waals surface area contributed by atoms with Crippen LogP contribution in [0.4, 0.5) is 0 Å². The highest BCUT2D eigenvalue weighted by Crippen LogP contribution is 2.30. The summed E-state index contributed by atoms with van der Waals surface area (Å²) in [7, 11) is -0.356. The lowest BCUT2D eigenvalue weighted by atomic mass is 9.83. The fourth-order valence-electron chi connectivity index (χ4n) is 2.80. The molecule has 0 radical (unpaired) electrons. The van der Waals surface area contributed by atoms with Gasteiger partial charge >= 0.3 is 0 Å². The minimum Gasteiger partial charge on any atom is -0.355 e. The Morgan fingerprint density at radius 3 is 2.77 bits per heavy atom. The number of sulfonamides is 1. The molecule has 0 unspecified atom stereocenters. The SMILES string of the molecule is CN(C)S(=O)(=O)CCC(=O)NC[C@@H]1CCCc2ccccc21. The summed E-state index contributed by atoms with van der Waals surface area (Å²) in [5.41, 5.74) is 2.68. The molecule has 1 aromatic rings. The molecule has 0 aliphatic heterocycles. The fraction of sp³-hybridized carbons (Fsp3) is 0.562. The van der Waals surface area contributed by atoms with E-state index in [9.17, 15) is 13.2 Å². The van der Waals surface area contributed by atoms with E-state index in [0.29, 0.717) is 12.5 Å². The number of hydrogen-bond acceptors (Lipinski definition) is 3. The molecule has 2 rings (SSSR count). The van der Waals surface area contributed by atoms with Crippen molar-refractivity contribution in [2.75, 3.05) is 26.4 Å². The molecule has 0 saturated carbocycles. The van der Waals surface area contributed by atoms with Gasteiger partial charge in [0, 0.05) is 33.0 Å². The van der Waals surface area contributed by atoms with E-state index in [4.69, 9.17) is 0 Å². The Labute approximate surface area is 132 Å². The summed E-state index contributed by atoms with van der Waals surface area (Å²) < 4.78 is 24.5. The molecule has 0 aromatic heterocycles. The first kappa shape index (κ1) is 17.0. The highest BCUT2D eigenvalue weighted by Gasteiger charge is 2.21. The van der Waals surface area contributed by atoms with Gasteiger partial charge in [-0.2, -0.15) is 0 Å². The van der Waals surface area contributed by atoms with Crippen molar-refractivity contribution < 1.29 is 13.2 Å². The first-order valence-electron chi connectivity index (χ1n) is 7.65. The van der Waals surface area contributed by atoms with Crippen LogP contribution in [0.15, 0.2) is 24.3 Å². The molecule has 0 fully saturated rings. The van der Waals surface area contributed by atoms with Crippen LogP contribution in [0, 0.1) is 0 Å². The fourth-order valence-corrected chi connectivity index (χ4v) is 3.60. The number of nitrogens with zero attached hydrogens (tertiary/aromatic N) is 1. The van der Waals surface area contributed by atoms with Crippen molar-refractivity contribution >= 4 is 15.9 Å². The second kappa shape index (κ2) is 7.24. The maximum atomic E-state index is 11.9. The number of nitrogens with one attached hydrogen (secondary N) is 1. The quantitative estimate of drug-likeness (QED) is 0.862. The van der Waals surface area contributed by atoms with E-state index >= 15 is 0 Å². The number of hydrogen-bond donors (Lipinski definition) is 1. The second-order valence-electron chi connectivity index (χ2n) is 5.94. The van der Waals surface area contributed by atoms with Crippen LogP contribution in [0.5, 0.6) is 0 Å². The Hall–Kier alpha value is -1.40. The Bertz CT molecular complexity index is 626. The zero-order chi connectivity index (χ0) is 16.2. The van der Waals surface area contributed by atoms with Crippen molar-refractivity contribution in [2.24, 2.45) is 0 Å². The summed E-state index contributed by atoms with van der Waals surface area (Å²) in [4.78, 5) is 11.9. The molecule has 1 atom stereocenters. The minimum absolute atomic E-state index is 0.00881. The number of carbonyl (C=O) groups excluding carboxylic acids is 1. The molecule has 122 valence electrons. The van der Waals surface area contributed by atoms with Gasteiger partial charge in [0.1, 0.15) is 0 Å². The molecule has 1 amide bonds. The van der Waals surface area contributed by atoms with Gasteiger partial charge in [-0.05, 0) is 30.4 Å². The van der Waals surface area contributed by atoms with Crippen LogP contribution >= 0.6 is 0 Å². The topological polar surface area (TPSA) is 66.5 Å². The van der Waals surface area contributed by atoms with E-state index in [1.165, 1.54) is 25.2 Å². The molecule has 1 aliphatic rings. The lowest BCUT2D eigenvalue weighted by molar-refractivity contribution is -0.120. The van der Waals surface area contributed by atoms with E-state index in [1.54, 1.807) is 0 Å². The van der Waals surface area contributed by atoms with Crippen molar-refractivity contribution in [2.45, 2.75) is 31.6 Å². The molecule has 0 saturated heterocycles. The van der Waals surface area contributed by atoms with Crippen LogP contribution in [0.1, 0.15) is 36.3 Å². The van der Waals surface area contributed by atoms with Crippen molar-refractivity contribution in [3.8, 4) is 0 Å². The van der Waals surface area contributed by atoms with Gasteiger partial charge < -0.3 is 5.32 Å². The smallest absolute Gasteiger partial charge is 0.221 e. The Morgan fingerprint density at radius 2 is 2.05 bits per heavy atom. The van der Waals surface area contributed by atoms with E-state index in [-0.39, 0.29) is 18.1 Å². The van der Waals surface area contributed by atoms with E-state index in [0.717, 1.165) is 23.6 Å². The summed E-state index contributed by atoms with van der Waals surface area (Å²) in [5.74, 6) is -0.0135. The van der Waals surface area contributed by atoms with Gasteiger partial charge in [-0.1, -0.05) is 24.3 Å². The van der Waals surface area contributed by atoms with Gasteiger partial charge in [-0.25, -0.2) is 12.7 Å². The maximum Gasteiger partial charge on any atom is 0.221 e. The molecule has 5 nitrogen and oxygen atoms in total. The molecule has 1 aromatic carbocycles. The van der Waals surface area contributed by atoms with E-state index in [2.05, 4.69) is 17.4 Å². The molecule has 0 heterocycles. The lowest BCUT2D eigenvalue weighted by Gasteiger charge is -2.25. The van der Waals surface area contributed by atoms with Gasteiger partial charge in [-0.15, -0.1) is 0 Å². The van der Waals surface area contributed by atoms with Crippen LogP contribution in [-0.2, 0) is 21.2 Å². The normalized spacial score (nSPS) is 18.0. The highest BCUT2D eigenvalue weighted by molar-refractivity contribution is 7.89. The number of carbonyl (C=O) groups is 1. The third-order valence-corrected chi connectivity index (χ3v) is 6.02. The number of rotatable bonds is 6. The third-order valence-electron chi connectivity index (χ3n) is 4.18. The Balaban J connectivity index is 1.85. The average molecular weight is 324 g/mol. The predicted octanol–water partition coefficient (Wildman–Crippen LogP) is 1.50. The Kier molecular flexibility index (Phi) is 5.58. The number of aryl methyl sites for hydroxylation is 1. The second-order valence-corrected chi connectivity index (χ2v) is 8.24. The summed E-state index contributed by atoms with van der Waals surface area (Å²) in [6, 6.07) is 8.35. The van der Waals surface area contributed by atoms with Crippen LogP contribution in [0.25, 0.3) is 0 Å². The summed E-state index contributed by atoms with van der Waals surface area (Å²) in [5, 5.41) is 2.88. The van der Waals surface area contributed by atoms with Gasteiger partial charge in [-0.3, -0.25) is 4.79 Å². The summed E-state index contributed by atoms with van der Waals surface area (Å²) in [6.07, 6.45) is 3.30. The zero-order valence-corrected chi connectivity index (χ0v) is 14.0. The van der Waals surface area contributed by atoms with Crippen molar-refractivity contribution in [3.63, 3.8) is 0 Å². The van der Waals surface area contributed by atoms with E-state index < -0.39 is 10.0 Å². The first-order valence-corrected chi connectivity index (χ1v) is 9.26. The Morgan fingerprint density at radius 1 is 1.32 bits per heavy atom. The van der Waals surface area contributed by atoms with Crippen LogP contribution in [-0.4, -0.2) is 45.0 Å². The minimum atomic E-state index is -3.31. The van der Waals surface area contributed by atoms with E-state index in [1.807, 2.05) is 12.1 Å². The number of benzene rings is 1.